The third-order valence-corrected chi connectivity index (χ3v) is 5.22. The fourth-order valence-electron chi connectivity index (χ4n) is 2.30. The molecular weight excluding hydrogens is 280 g/mol. The molecule has 0 aromatic heterocycles. The summed E-state index contributed by atoms with van der Waals surface area (Å²) >= 11 is 0. The minimum Gasteiger partial charge on any atom is -0.398 e. The molecule has 1 heterocycles. The van der Waals surface area contributed by atoms with Gasteiger partial charge in [-0.25, -0.2) is 13.1 Å². The molecule has 1 unspecified atom stereocenters. The van der Waals surface area contributed by atoms with E-state index in [1.807, 2.05) is 0 Å². The molecule has 1 aromatic carbocycles. The zero-order valence-corrected chi connectivity index (χ0v) is 12.5. The molecule has 20 heavy (non-hydrogen) atoms. The van der Waals surface area contributed by atoms with Gasteiger partial charge in [0, 0.05) is 26.7 Å². The highest BCUT2D eigenvalue weighted by Gasteiger charge is 2.36. The molecule has 1 aliphatic rings. The van der Waals surface area contributed by atoms with Crippen LogP contribution in [0.5, 0.6) is 0 Å². The average Bonchev–Trinajstić information content (AvgIpc) is 2.85. The summed E-state index contributed by atoms with van der Waals surface area (Å²) in [5.74, 6) is 0. The average molecular weight is 300 g/mol. The summed E-state index contributed by atoms with van der Waals surface area (Å²) in [5.41, 5.74) is 6.05. The first kappa shape index (κ1) is 15.2. The molecule has 1 aliphatic heterocycles. The quantitative estimate of drug-likeness (QED) is 0.780. The van der Waals surface area contributed by atoms with Crippen LogP contribution in [-0.2, 0) is 19.5 Å². The van der Waals surface area contributed by atoms with Crippen molar-refractivity contribution in [1.29, 1.82) is 0 Å². The number of nitrogens with one attached hydrogen (secondary N) is 1. The topological polar surface area (TPSA) is 90.7 Å². The molecule has 0 radical (unpaired) electrons. The van der Waals surface area contributed by atoms with Gasteiger partial charge in [-0.05, 0) is 18.6 Å². The predicted molar refractivity (Wildman–Crippen MR) is 76.0 cm³/mol. The molecule has 1 fully saturated rings. The number of rotatable bonds is 5. The first-order valence-electron chi connectivity index (χ1n) is 6.38. The number of benzene rings is 1. The molecule has 1 atom stereocenters. The molecule has 0 saturated carbocycles. The van der Waals surface area contributed by atoms with E-state index in [0.29, 0.717) is 25.2 Å². The summed E-state index contributed by atoms with van der Waals surface area (Å²) in [6.45, 7) is 2.84. The number of nitrogens with two attached hydrogens (primary N) is 1. The van der Waals surface area contributed by atoms with E-state index in [1.165, 1.54) is 0 Å². The van der Waals surface area contributed by atoms with Crippen molar-refractivity contribution in [1.82, 2.24) is 4.72 Å². The predicted octanol–water partition coefficient (Wildman–Crippen LogP) is 0.661. The smallest absolute Gasteiger partial charge is 0.242 e. The van der Waals surface area contributed by atoms with Gasteiger partial charge in [0.15, 0.2) is 0 Å². The summed E-state index contributed by atoms with van der Waals surface area (Å²) in [6, 6.07) is 5.02. The van der Waals surface area contributed by atoms with Crippen molar-refractivity contribution in [3.8, 4) is 0 Å². The van der Waals surface area contributed by atoms with Crippen LogP contribution in [0.4, 0.5) is 5.69 Å². The fraction of sp³-hybridized carbons (Fsp3) is 0.538. The van der Waals surface area contributed by atoms with E-state index in [-0.39, 0.29) is 17.1 Å². The Labute approximate surface area is 119 Å². The van der Waals surface area contributed by atoms with E-state index in [4.69, 9.17) is 15.2 Å². The van der Waals surface area contributed by atoms with Crippen LogP contribution in [0.25, 0.3) is 0 Å². The lowest BCUT2D eigenvalue weighted by Gasteiger charge is -2.26. The third kappa shape index (κ3) is 2.95. The van der Waals surface area contributed by atoms with Gasteiger partial charge in [0.25, 0.3) is 0 Å². The van der Waals surface area contributed by atoms with Gasteiger partial charge in [-0.3, -0.25) is 0 Å². The van der Waals surface area contributed by atoms with E-state index in [1.54, 1.807) is 32.2 Å². The highest BCUT2D eigenvalue weighted by atomic mass is 32.2. The number of hydrogen-bond acceptors (Lipinski definition) is 5. The first-order valence-corrected chi connectivity index (χ1v) is 7.86. The summed E-state index contributed by atoms with van der Waals surface area (Å²) < 4.78 is 38.1. The molecule has 7 heteroatoms. The van der Waals surface area contributed by atoms with Crippen LogP contribution >= 0.6 is 0 Å². The minimum atomic E-state index is -3.67. The Balaban J connectivity index is 2.20. The van der Waals surface area contributed by atoms with Crippen LogP contribution < -0.4 is 10.5 Å². The maximum atomic E-state index is 12.4. The molecule has 1 saturated heterocycles. The van der Waals surface area contributed by atoms with Gasteiger partial charge < -0.3 is 15.2 Å². The first-order chi connectivity index (χ1) is 9.40. The van der Waals surface area contributed by atoms with Crippen molar-refractivity contribution in [2.24, 2.45) is 0 Å². The van der Waals surface area contributed by atoms with Gasteiger partial charge in [-0.15, -0.1) is 0 Å². The molecule has 6 nitrogen and oxygen atoms in total. The Kier molecular flexibility index (Phi) is 4.33. The number of ether oxygens (including phenoxy) is 2. The van der Waals surface area contributed by atoms with Crippen LogP contribution in [0.3, 0.4) is 0 Å². The molecule has 0 bridgehead atoms. The van der Waals surface area contributed by atoms with Gasteiger partial charge in [-0.2, -0.15) is 0 Å². The molecule has 0 amide bonds. The molecule has 0 spiro atoms. The molecular formula is C13H20N2O4S. The van der Waals surface area contributed by atoms with Crippen molar-refractivity contribution in [2.75, 3.05) is 32.6 Å². The van der Waals surface area contributed by atoms with Gasteiger partial charge in [0.05, 0.1) is 12.3 Å². The Morgan fingerprint density at radius 2 is 2.25 bits per heavy atom. The largest absolute Gasteiger partial charge is 0.398 e. The van der Waals surface area contributed by atoms with Crippen LogP contribution in [0, 0.1) is 6.92 Å². The summed E-state index contributed by atoms with van der Waals surface area (Å²) in [7, 11) is -2.11. The molecule has 3 N–H and O–H groups in total. The highest BCUT2D eigenvalue weighted by molar-refractivity contribution is 7.89. The number of anilines is 1. The fourth-order valence-corrected chi connectivity index (χ4v) is 3.77. The summed E-state index contributed by atoms with van der Waals surface area (Å²) in [5, 5.41) is 0. The maximum absolute atomic E-state index is 12.4. The van der Waals surface area contributed by atoms with Crippen molar-refractivity contribution in [2.45, 2.75) is 23.8 Å². The lowest BCUT2D eigenvalue weighted by molar-refractivity contribution is -0.0120. The van der Waals surface area contributed by atoms with Crippen molar-refractivity contribution in [3.63, 3.8) is 0 Å². The Hall–Kier alpha value is -1.15. The minimum absolute atomic E-state index is 0.130. The monoisotopic (exact) mass is 300 g/mol. The summed E-state index contributed by atoms with van der Waals surface area (Å²) in [4.78, 5) is 0.130. The van der Waals surface area contributed by atoms with E-state index in [0.717, 1.165) is 0 Å². The van der Waals surface area contributed by atoms with E-state index in [2.05, 4.69) is 4.72 Å². The second-order valence-electron chi connectivity index (χ2n) is 5.01. The standard InChI is InChI=1S/C13H20N2O4S/c1-10-4-3-5-11(14)12(10)20(16,17)15-8-13(18-2)6-7-19-9-13/h3-5,15H,6-9,14H2,1-2H3. The number of nitrogen functional groups attached to an aromatic ring is 1. The maximum Gasteiger partial charge on any atom is 0.242 e. The van der Waals surface area contributed by atoms with E-state index in [9.17, 15) is 8.42 Å². The second-order valence-corrected chi connectivity index (χ2v) is 6.71. The van der Waals surface area contributed by atoms with E-state index >= 15 is 0 Å². The van der Waals surface area contributed by atoms with Gasteiger partial charge in [-0.1, -0.05) is 12.1 Å². The highest BCUT2D eigenvalue weighted by Crippen LogP contribution is 2.25. The van der Waals surface area contributed by atoms with Crippen molar-refractivity contribution in [3.05, 3.63) is 23.8 Å². The van der Waals surface area contributed by atoms with Crippen LogP contribution in [0.15, 0.2) is 23.1 Å². The number of methoxy groups -OCH3 is 1. The Morgan fingerprint density at radius 1 is 1.50 bits per heavy atom. The van der Waals surface area contributed by atoms with Crippen LogP contribution in [0.2, 0.25) is 0 Å². The third-order valence-electron chi connectivity index (χ3n) is 3.60. The molecule has 1 aromatic rings. The van der Waals surface area contributed by atoms with Gasteiger partial charge in [0.2, 0.25) is 10.0 Å². The molecule has 2 rings (SSSR count). The van der Waals surface area contributed by atoms with Gasteiger partial charge >= 0.3 is 0 Å². The number of aryl methyl sites for hydroxylation is 1. The van der Waals surface area contributed by atoms with Crippen molar-refractivity contribution >= 4 is 15.7 Å². The Bertz CT molecular complexity index is 560. The van der Waals surface area contributed by atoms with Gasteiger partial charge in [0.1, 0.15) is 10.5 Å². The normalized spacial score (nSPS) is 23.1. The lowest BCUT2D eigenvalue weighted by atomic mass is 10.0. The zero-order chi connectivity index (χ0) is 14.8. The Morgan fingerprint density at radius 3 is 2.80 bits per heavy atom. The second kappa shape index (κ2) is 5.69. The van der Waals surface area contributed by atoms with Crippen LogP contribution in [-0.4, -0.2) is 40.9 Å². The van der Waals surface area contributed by atoms with E-state index < -0.39 is 15.6 Å². The summed E-state index contributed by atoms with van der Waals surface area (Å²) in [6.07, 6.45) is 0.662. The molecule has 112 valence electrons. The van der Waals surface area contributed by atoms with Crippen molar-refractivity contribution < 1.29 is 17.9 Å². The number of sulfonamides is 1. The van der Waals surface area contributed by atoms with Crippen LogP contribution in [0.1, 0.15) is 12.0 Å². The number of hydrogen-bond donors (Lipinski definition) is 2. The zero-order valence-electron chi connectivity index (χ0n) is 11.7. The SMILES string of the molecule is COC1(CNS(=O)(=O)c2c(C)cccc2N)CCOC1. The lowest BCUT2D eigenvalue weighted by Crippen LogP contribution is -2.45. The molecule has 0 aliphatic carbocycles.